The number of carbonyl (C=O) groups is 1. The summed E-state index contributed by atoms with van der Waals surface area (Å²) in [5.41, 5.74) is 5.20. The second-order valence-electron chi connectivity index (χ2n) is 7.14. The quantitative estimate of drug-likeness (QED) is 0.690. The number of hydrogen-bond donors (Lipinski definition) is 1. The van der Waals surface area contributed by atoms with Gasteiger partial charge in [0.05, 0.1) is 19.0 Å². The van der Waals surface area contributed by atoms with Gasteiger partial charge in [0.25, 0.3) is 5.91 Å². The molecule has 0 fully saturated rings. The predicted octanol–water partition coefficient (Wildman–Crippen LogP) is 4.15. The first-order chi connectivity index (χ1) is 14.2. The van der Waals surface area contributed by atoms with Gasteiger partial charge in [0.1, 0.15) is 11.4 Å². The van der Waals surface area contributed by atoms with Crippen LogP contribution >= 0.6 is 0 Å². The van der Waals surface area contributed by atoms with E-state index >= 15 is 0 Å². The van der Waals surface area contributed by atoms with Gasteiger partial charge in [0.15, 0.2) is 0 Å². The summed E-state index contributed by atoms with van der Waals surface area (Å²) < 4.78 is 5.16. The van der Waals surface area contributed by atoms with E-state index in [1.165, 1.54) is 11.3 Å². The Morgan fingerprint density at radius 2 is 1.93 bits per heavy atom. The summed E-state index contributed by atoms with van der Waals surface area (Å²) in [6.07, 6.45) is 4.78. The number of ether oxygens (including phenoxy) is 1. The van der Waals surface area contributed by atoms with Crippen molar-refractivity contribution < 1.29 is 9.53 Å². The van der Waals surface area contributed by atoms with Gasteiger partial charge >= 0.3 is 0 Å². The molecule has 5 heteroatoms. The molecule has 2 aromatic carbocycles. The fourth-order valence-corrected chi connectivity index (χ4v) is 3.68. The molecule has 1 aromatic heterocycles. The number of aryl methyl sites for hydroxylation is 1. The smallest absolute Gasteiger partial charge is 0.269 e. The molecular weight excluding hydrogens is 362 g/mol. The number of aromatic nitrogens is 1. The summed E-state index contributed by atoms with van der Waals surface area (Å²) >= 11 is 0. The summed E-state index contributed by atoms with van der Waals surface area (Å²) in [6.45, 7) is 1.53. The van der Waals surface area contributed by atoms with Gasteiger partial charge in [-0.3, -0.25) is 4.79 Å². The lowest BCUT2D eigenvalue weighted by molar-refractivity contribution is 0.0949. The number of amides is 1. The zero-order valence-electron chi connectivity index (χ0n) is 16.6. The van der Waals surface area contributed by atoms with Crippen LogP contribution in [0.2, 0.25) is 0 Å². The number of rotatable bonds is 6. The predicted molar refractivity (Wildman–Crippen MR) is 115 cm³/mol. The minimum absolute atomic E-state index is 0.149. The summed E-state index contributed by atoms with van der Waals surface area (Å²) in [6, 6.07) is 20.1. The molecule has 1 aliphatic heterocycles. The number of para-hydroxylation sites is 1. The topological polar surface area (TPSA) is 54.5 Å². The molecule has 2 heterocycles. The molecular formula is C24H25N3O2. The molecule has 1 aliphatic rings. The van der Waals surface area contributed by atoms with E-state index in [1.807, 2.05) is 30.3 Å². The minimum Gasteiger partial charge on any atom is -0.497 e. The lowest BCUT2D eigenvalue weighted by atomic mass is 10.0. The van der Waals surface area contributed by atoms with Crippen molar-refractivity contribution in [3.05, 3.63) is 83.7 Å². The van der Waals surface area contributed by atoms with Crippen LogP contribution in [0.5, 0.6) is 5.75 Å². The number of fused-ring (bicyclic) bond motifs is 1. The van der Waals surface area contributed by atoms with E-state index in [2.05, 4.69) is 39.5 Å². The number of benzene rings is 2. The highest BCUT2D eigenvalue weighted by molar-refractivity contribution is 5.92. The maximum Gasteiger partial charge on any atom is 0.269 e. The number of carbonyl (C=O) groups excluding carboxylic acids is 1. The fraction of sp³-hybridized carbons (Fsp3) is 0.250. The molecule has 148 valence electrons. The number of methoxy groups -OCH3 is 1. The van der Waals surface area contributed by atoms with Gasteiger partial charge in [-0.1, -0.05) is 30.3 Å². The Hall–Kier alpha value is -3.34. The molecule has 1 amide bonds. The molecule has 0 saturated carbocycles. The Balaban J connectivity index is 1.36. The minimum atomic E-state index is -0.149. The summed E-state index contributed by atoms with van der Waals surface area (Å²) in [4.78, 5) is 19.1. The van der Waals surface area contributed by atoms with Crippen molar-refractivity contribution in [3.63, 3.8) is 0 Å². The van der Waals surface area contributed by atoms with Crippen molar-refractivity contribution in [1.29, 1.82) is 0 Å². The third kappa shape index (κ3) is 4.40. The molecule has 0 spiro atoms. The van der Waals surface area contributed by atoms with Gasteiger partial charge < -0.3 is 15.0 Å². The highest BCUT2D eigenvalue weighted by Gasteiger charge is 2.18. The summed E-state index contributed by atoms with van der Waals surface area (Å²) in [7, 11) is 1.65. The molecule has 0 atom stereocenters. The van der Waals surface area contributed by atoms with Crippen LogP contribution in [-0.2, 0) is 12.8 Å². The highest BCUT2D eigenvalue weighted by atomic mass is 16.5. The van der Waals surface area contributed by atoms with Crippen LogP contribution in [-0.4, -0.2) is 31.1 Å². The van der Waals surface area contributed by atoms with E-state index in [9.17, 15) is 4.79 Å². The Bertz CT molecular complexity index is 968. The van der Waals surface area contributed by atoms with Gasteiger partial charge in [-0.15, -0.1) is 0 Å². The van der Waals surface area contributed by atoms with E-state index in [-0.39, 0.29) is 5.91 Å². The van der Waals surface area contributed by atoms with Crippen molar-refractivity contribution in [2.75, 3.05) is 25.1 Å². The van der Waals surface area contributed by atoms with Crippen LogP contribution in [0.3, 0.4) is 0 Å². The number of anilines is 2. The van der Waals surface area contributed by atoms with Crippen LogP contribution in [0, 0.1) is 0 Å². The standard InChI is InChI=1S/C24H25N3O2/c1-29-21-11-8-18(9-12-21)14-15-25-24(28)22-13-10-20(17-26-22)27-16-4-6-19-5-2-3-7-23(19)27/h2-3,5,7-13,17H,4,6,14-16H2,1H3,(H,25,28). The molecule has 1 N–H and O–H groups in total. The van der Waals surface area contributed by atoms with Crippen molar-refractivity contribution in [3.8, 4) is 5.75 Å². The largest absolute Gasteiger partial charge is 0.497 e. The van der Waals surface area contributed by atoms with Gasteiger partial charge in [-0.05, 0) is 60.7 Å². The third-order valence-electron chi connectivity index (χ3n) is 5.26. The van der Waals surface area contributed by atoms with E-state index in [0.29, 0.717) is 12.2 Å². The van der Waals surface area contributed by atoms with Crippen LogP contribution in [0.1, 0.15) is 28.0 Å². The molecule has 0 bridgehead atoms. The van der Waals surface area contributed by atoms with Crippen LogP contribution in [0.15, 0.2) is 66.9 Å². The van der Waals surface area contributed by atoms with Crippen LogP contribution < -0.4 is 15.0 Å². The summed E-state index contributed by atoms with van der Waals surface area (Å²) in [5, 5.41) is 2.94. The van der Waals surface area contributed by atoms with Crippen molar-refractivity contribution >= 4 is 17.3 Å². The van der Waals surface area contributed by atoms with Crippen molar-refractivity contribution in [1.82, 2.24) is 10.3 Å². The fourth-order valence-electron chi connectivity index (χ4n) is 3.68. The Labute approximate surface area is 171 Å². The molecule has 0 saturated heterocycles. The summed E-state index contributed by atoms with van der Waals surface area (Å²) in [5.74, 6) is 0.683. The molecule has 3 aromatic rings. The molecule has 0 unspecified atom stereocenters. The molecule has 0 aliphatic carbocycles. The first-order valence-corrected chi connectivity index (χ1v) is 9.97. The lowest BCUT2D eigenvalue weighted by Gasteiger charge is -2.31. The number of nitrogens with one attached hydrogen (secondary N) is 1. The van der Waals surface area contributed by atoms with E-state index < -0.39 is 0 Å². The second kappa shape index (κ2) is 8.78. The average molecular weight is 387 g/mol. The Morgan fingerprint density at radius 1 is 1.10 bits per heavy atom. The van der Waals surface area contributed by atoms with Crippen molar-refractivity contribution in [2.45, 2.75) is 19.3 Å². The zero-order valence-corrected chi connectivity index (χ0v) is 16.6. The normalized spacial score (nSPS) is 12.9. The Morgan fingerprint density at radius 3 is 2.69 bits per heavy atom. The van der Waals surface area contributed by atoms with Crippen LogP contribution in [0.4, 0.5) is 11.4 Å². The number of nitrogens with zero attached hydrogens (tertiary/aromatic N) is 2. The van der Waals surface area contributed by atoms with Crippen molar-refractivity contribution in [2.24, 2.45) is 0 Å². The SMILES string of the molecule is COc1ccc(CCNC(=O)c2ccc(N3CCCc4ccccc43)cn2)cc1. The van der Waals surface area contributed by atoms with E-state index in [0.717, 1.165) is 42.8 Å². The van der Waals surface area contributed by atoms with Gasteiger partial charge in [-0.2, -0.15) is 0 Å². The molecule has 4 rings (SSSR count). The first-order valence-electron chi connectivity index (χ1n) is 9.97. The third-order valence-corrected chi connectivity index (χ3v) is 5.26. The molecule has 5 nitrogen and oxygen atoms in total. The van der Waals surface area contributed by atoms with Gasteiger partial charge in [0.2, 0.25) is 0 Å². The number of hydrogen-bond acceptors (Lipinski definition) is 4. The first kappa shape index (κ1) is 19.0. The zero-order chi connectivity index (χ0) is 20.1. The maximum absolute atomic E-state index is 12.4. The highest BCUT2D eigenvalue weighted by Crippen LogP contribution is 2.32. The lowest BCUT2D eigenvalue weighted by Crippen LogP contribution is -2.27. The van der Waals surface area contributed by atoms with Gasteiger partial charge in [0, 0.05) is 18.8 Å². The van der Waals surface area contributed by atoms with E-state index in [1.54, 1.807) is 19.4 Å². The Kier molecular flexibility index (Phi) is 5.75. The van der Waals surface area contributed by atoms with Gasteiger partial charge in [-0.25, -0.2) is 4.98 Å². The number of pyridine rings is 1. The second-order valence-corrected chi connectivity index (χ2v) is 7.14. The monoisotopic (exact) mass is 387 g/mol. The molecule has 0 radical (unpaired) electrons. The van der Waals surface area contributed by atoms with Crippen LogP contribution in [0.25, 0.3) is 0 Å². The molecule has 29 heavy (non-hydrogen) atoms. The maximum atomic E-state index is 12.4. The average Bonchev–Trinajstić information content (AvgIpc) is 2.79. The van der Waals surface area contributed by atoms with E-state index in [4.69, 9.17) is 4.74 Å².